The van der Waals surface area contributed by atoms with Crippen LogP contribution in [0, 0.1) is 11.7 Å². The summed E-state index contributed by atoms with van der Waals surface area (Å²) in [4.78, 5) is 3.36. The number of aromatic amines is 2. The second-order valence-corrected chi connectivity index (χ2v) is 6.55. The molecule has 4 aromatic rings. The van der Waals surface area contributed by atoms with Crippen LogP contribution in [0.5, 0.6) is 0 Å². The first kappa shape index (κ1) is 16.5. The van der Waals surface area contributed by atoms with Crippen LogP contribution in [0.3, 0.4) is 0 Å². The third kappa shape index (κ3) is 2.78. The molecule has 0 spiro atoms. The first-order valence-corrected chi connectivity index (χ1v) is 8.96. The van der Waals surface area contributed by atoms with Gasteiger partial charge in [0.05, 0.1) is 6.21 Å². The summed E-state index contributed by atoms with van der Waals surface area (Å²) in [5.74, 6) is 0.707. The molecule has 0 unspecified atom stereocenters. The van der Waals surface area contributed by atoms with Crippen LogP contribution in [0.2, 0.25) is 0 Å². The minimum Gasteiger partial charge on any atom is -0.360 e. The standard InChI is InChI=1S/C20H19N5S/c1-3-14-8-6-10-17-15(11-21-18(14)17)12-22-25-19(23-24-20(25)26)16-9-5-4-7-13(16)2/h4-12,21H,3H2,1-2H3,(H,24,26)/b22-12+. The lowest BCUT2D eigenvalue weighted by Crippen LogP contribution is -1.96. The van der Waals surface area contributed by atoms with Crippen molar-refractivity contribution in [3.05, 3.63) is 70.1 Å². The Morgan fingerprint density at radius 3 is 2.85 bits per heavy atom. The Balaban J connectivity index is 1.79. The molecule has 0 radical (unpaired) electrons. The van der Waals surface area contributed by atoms with Crippen molar-refractivity contribution in [3.8, 4) is 11.4 Å². The molecule has 2 aromatic heterocycles. The number of rotatable bonds is 4. The maximum atomic E-state index is 5.37. The highest BCUT2D eigenvalue weighted by atomic mass is 32.1. The molecule has 0 atom stereocenters. The number of aromatic nitrogens is 4. The molecule has 0 saturated heterocycles. The molecule has 5 nitrogen and oxygen atoms in total. The Morgan fingerprint density at radius 1 is 1.19 bits per heavy atom. The number of benzene rings is 2. The Kier molecular flexibility index (Phi) is 4.26. The highest BCUT2D eigenvalue weighted by Crippen LogP contribution is 2.23. The molecule has 130 valence electrons. The zero-order chi connectivity index (χ0) is 18.1. The van der Waals surface area contributed by atoms with E-state index in [4.69, 9.17) is 12.2 Å². The lowest BCUT2D eigenvalue weighted by Gasteiger charge is -2.04. The lowest BCUT2D eigenvalue weighted by molar-refractivity contribution is 0.871. The summed E-state index contributed by atoms with van der Waals surface area (Å²) >= 11 is 5.37. The number of nitrogens with zero attached hydrogens (tertiary/aromatic N) is 3. The van der Waals surface area contributed by atoms with Gasteiger partial charge in [0, 0.05) is 28.2 Å². The van der Waals surface area contributed by atoms with E-state index in [1.165, 1.54) is 5.56 Å². The molecule has 0 aliphatic carbocycles. The van der Waals surface area contributed by atoms with Crippen LogP contribution in [0.15, 0.2) is 53.8 Å². The van der Waals surface area contributed by atoms with Crippen LogP contribution >= 0.6 is 12.2 Å². The van der Waals surface area contributed by atoms with Crippen molar-refractivity contribution in [2.24, 2.45) is 5.10 Å². The molecule has 0 saturated carbocycles. The van der Waals surface area contributed by atoms with Crippen LogP contribution in [-0.2, 0) is 6.42 Å². The van der Waals surface area contributed by atoms with Gasteiger partial charge in [0.25, 0.3) is 0 Å². The van der Waals surface area contributed by atoms with Crippen molar-refractivity contribution < 1.29 is 0 Å². The van der Waals surface area contributed by atoms with E-state index in [0.29, 0.717) is 10.6 Å². The number of fused-ring (bicyclic) bond motifs is 1. The molecular formula is C20H19N5S. The van der Waals surface area contributed by atoms with Crippen molar-refractivity contribution in [1.29, 1.82) is 0 Å². The summed E-state index contributed by atoms with van der Waals surface area (Å²) in [6.07, 6.45) is 4.79. The quantitative estimate of drug-likeness (QED) is 0.403. The van der Waals surface area contributed by atoms with Crippen molar-refractivity contribution in [2.45, 2.75) is 20.3 Å². The van der Waals surface area contributed by atoms with Gasteiger partial charge in [-0.05, 0) is 36.7 Å². The predicted molar refractivity (Wildman–Crippen MR) is 108 cm³/mol. The van der Waals surface area contributed by atoms with Gasteiger partial charge < -0.3 is 4.98 Å². The number of H-pyrrole nitrogens is 2. The summed E-state index contributed by atoms with van der Waals surface area (Å²) in [5, 5.41) is 13.0. The van der Waals surface area contributed by atoms with Gasteiger partial charge in [0.2, 0.25) is 4.77 Å². The molecule has 0 bridgehead atoms. The lowest BCUT2D eigenvalue weighted by atomic mass is 10.1. The van der Waals surface area contributed by atoms with Crippen molar-refractivity contribution in [2.75, 3.05) is 0 Å². The Bertz CT molecular complexity index is 1160. The molecule has 2 N–H and O–H groups in total. The molecule has 0 fully saturated rings. The third-order valence-corrected chi connectivity index (χ3v) is 4.83. The molecule has 2 aromatic carbocycles. The predicted octanol–water partition coefficient (Wildman–Crippen LogP) is 4.84. The number of para-hydroxylation sites is 1. The fourth-order valence-electron chi connectivity index (χ4n) is 3.16. The van der Waals surface area contributed by atoms with Gasteiger partial charge in [-0.3, -0.25) is 0 Å². The van der Waals surface area contributed by atoms with Crippen molar-refractivity contribution in [1.82, 2.24) is 19.9 Å². The topological polar surface area (TPSA) is 61.8 Å². The highest BCUT2D eigenvalue weighted by Gasteiger charge is 2.10. The maximum Gasteiger partial charge on any atom is 0.216 e. The van der Waals surface area contributed by atoms with E-state index >= 15 is 0 Å². The summed E-state index contributed by atoms with van der Waals surface area (Å²) < 4.78 is 2.13. The van der Waals surface area contributed by atoms with Gasteiger partial charge in [-0.15, -0.1) is 0 Å². The van der Waals surface area contributed by atoms with E-state index in [1.54, 1.807) is 4.68 Å². The van der Waals surface area contributed by atoms with Crippen LogP contribution < -0.4 is 0 Å². The van der Waals surface area contributed by atoms with Gasteiger partial charge in [0.1, 0.15) is 0 Å². The summed E-state index contributed by atoms with van der Waals surface area (Å²) in [7, 11) is 0. The minimum absolute atomic E-state index is 0.466. The van der Waals surface area contributed by atoms with Gasteiger partial charge in [-0.2, -0.15) is 14.9 Å². The number of hydrogen-bond acceptors (Lipinski definition) is 3. The molecule has 2 heterocycles. The van der Waals surface area contributed by atoms with Gasteiger partial charge in [-0.1, -0.05) is 49.4 Å². The molecule has 0 amide bonds. The zero-order valence-corrected chi connectivity index (χ0v) is 15.5. The average Bonchev–Trinajstić information content (AvgIpc) is 3.24. The highest BCUT2D eigenvalue weighted by molar-refractivity contribution is 7.71. The van der Waals surface area contributed by atoms with Crippen LogP contribution in [0.1, 0.15) is 23.6 Å². The van der Waals surface area contributed by atoms with E-state index in [-0.39, 0.29) is 0 Å². The van der Waals surface area contributed by atoms with E-state index < -0.39 is 0 Å². The van der Waals surface area contributed by atoms with Crippen LogP contribution in [-0.4, -0.2) is 26.1 Å². The first-order valence-electron chi connectivity index (χ1n) is 8.55. The smallest absolute Gasteiger partial charge is 0.216 e. The minimum atomic E-state index is 0.466. The maximum absolute atomic E-state index is 5.37. The van der Waals surface area contributed by atoms with Gasteiger partial charge in [-0.25, -0.2) is 5.10 Å². The fraction of sp³-hybridized carbons (Fsp3) is 0.150. The van der Waals surface area contributed by atoms with Crippen LogP contribution in [0.25, 0.3) is 22.3 Å². The normalized spacial score (nSPS) is 11.6. The first-order chi connectivity index (χ1) is 12.7. The van der Waals surface area contributed by atoms with Gasteiger partial charge >= 0.3 is 0 Å². The Hall–Kier alpha value is -2.99. The Morgan fingerprint density at radius 2 is 2.04 bits per heavy atom. The van der Waals surface area contributed by atoms with Gasteiger partial charge in [0.15, 0.2) is 5.82 Å². The molecule has 0 aliphatic heterocycles. The van der Waals surface area contributed by atoms with Crippen molar-refractivity contribution in [3.63, 3.8) is 0 Å². The monoisotopic (exact) mass is 361 g/mol. The number of nitrogens with one attached hydrogen (secondary N) is 2. The van der Waals surface area contributed by atoms with Crippen LogP contribution in [0.4, 0.5) is 0 Å². The molecule has 6 heteroatoms. The Labute approximate surface area is 156 Å². The number of aryl methyl sites for hydroxylation is 2. The zero-order valence-electron chi connectivity index (χ0n) is 14.7. The molecular weight excluding hydrogens is 342 g/mol. The number of hydrogen-bond donors (Lipinski definition) is 2. The molecule has 4 rings (SSSR count). The SMILES string of the molecule is CCc1cccc2c(/C=N/n3c(-c4ccccc4C)n[nH]c3=S)c[nH]c12. The molecule has 0 aliphatic rings. The summed E-state index contributed by atoms with van der Waals surface area (Å²) in [6, 6.07) is 14.4. The summed E-state index contributed by atoms with van der Waals surface area (Å²) in [5.41, 5.74) is 5.60. The summed E-state index contributed by atoms with van der Waals surface area (Å²) in [6.45, 7) is 4.20. The second kappa shape index (κ2) is 6.72. The van der Waals surface area contributed by atoms with E-state index in [1.807, 2.05) is 43.6 Å². The van der Waals surface area contributed by atoms with E-state index in [9.17, 15) is 0 Å². The average molecular weight is 361 g/mol. The molecule has 26 heavy (non-hydrogen) atoms. The van der Waals surface area contributed by atoms with Crippen molar-refractivity contribution >= 4 is 29.3 Å². The third-order valence-electron chi connectivity index (χ3n) is 4.56. The van der Waals surface area contributed by atoms with E-state index in [0.717, 1.165) is 34.0 Å². The van der Waals surface area contributed by atoms with E-state index in [2.05, 4.69) is 45.4 Å². The largest absolute Gasteiger partial charge is 0.360 e. The fourth-order valence-corrected chi connectivity index (χ4v) is 3.34. The second-order valence-electron chi connectivity index (χ2n) is 6.16.